The van der Waals surface area contributed by atoms with Gasteiger partial charge < -0.3 is 9.47 Å². The fraction of sp³-hybridized carbons (Fsp3) is 0.148. The first-order valence-electron chi connectivity index (χ1n) is 11.5. The van der Waals surface area contributed by atoms with Crippen LogP contribution in [0.25, 0.3) is 0 Å². The third kappa shape index (κ3) is 7.35. The van der Waals surface area contributed by atoms with Crippen molar-refractivity contribution in [2.24, 2.45) is 5.10 Å². The normalized spacial score (nSPS) is 10.8. The Morgan fingerprint density at radius 1 is 1.08 bits per heavy atom. The molecule has 0 saturated heterocycles. The third-order valence-electron chi connectivity index (χ3n) is 5.27. The molecular weight excluding hydrogens is 617 g/mol. The van der Waals surface area contributed by atoms with E-state index >= 15 is 0 Å². The molecule has 0 unspecified atom stereocenters. The molecule has 0 atom stereocenters. The van der Waals surface area contributed by atoms with Crippen LogP contribution in [0.2, 0.25) is 0 Å². The third-order valence-corrected chi connectivity index (χ3v) is 6.91. The van der Waals surface area contributed by atoms with Gasteiger partial charge in [0.05, 0.1) is 23.3 Å². The summed E-state index contributed by atoms with van der Waals surface area (Å²) in [6.07, 6.45) is 1.50. The lowest BCUT2D eigenvalue weighted by molar-refractivity contribution is -0.120. The number of nitrogens with zero attached hydrogens (tertiary/aromatic N) is 3. The molecule has 0 spiro atoms. The number of anilines is 1. The number of hydrogen-bond donors (Lipinski definition) is 2. The smallest absolute Gasteiger partial charge is 0.257 e. The molecule has 1 aromatic heterocycles. The molecule has 0 radical (unpaired) electrons. The quantitative estimate of drug-likeness (QED) is 0.143. The Kier molecular flexibility index (Phi) is 9.38. The van der Waals surface area contributed by atoms with Crippen molar-refractivity contribution in [3.05, 3.63) is 97.6 Å². The highest BCUT2D eigenvalue weighted by atomic mass is 127. The van der Waals surface area contributed by atoms with Crippen molar-refractivity contribution in [2.45, 2.75) is 20.0 Å². The Bertz CT molecular complexity index is 1460. The highest BCUT2D eigenvalue weighted by Crippen LogP contribution is 2.34. The zero-order chi connectivity index (χ0) is 26.9. The number of methoxy groups -OCH3 is 1. The average molecular weight is 641 g/mol. The number of rotatable bonds is 10. The summed E-state index contributed by atoms with van der Waals surface area (Å²) in [5.74, 6) is 0.564. The zero-order valence-corrected chi connectivity index (χ0v) is 23.6. The molecule has 9 nitrogen and oxygen atoms in total. The number of aromatic nitrogens is 2. The molecule has 4 rings (SSSR count). The predicted molar refractivity (Wildman–Crippen MR) is 155 cm³/mol. The van der Waals surface area contributed by atoms with E-state index in [-0.39, 0.29) is 18.2 Å². The number of carbonyl (C=O) groups excluding carboxylic acids is 2. The van der Waals surface area contributed by atoms with Crippen LogP contribution in [0.15, 0.2) is 71.8 Å². The first kappa shape index (κ1) is 27.2. The van der Waals surface area contributed by atoms with E-state index in [0.717, 1.165) is 31.6 Å². The fourth-order valence-corrected chi connectivity index (χ4v) is 4.92. The molecular formula is C27H24IN5O4S. The summed E-state index contributed by atoms with van der Waals surface area (Å²) in [6, 6.07) is 20.8. The maximum Gasteiger partial charge on any atom is 0.257 e. The SMILES string of the molecule is COc1cc(C=NNC(=O)Cc2nnc(NC(=O)c3ccccc3C)s2)cc(I)c1OCc1ccccc1. The number of aryl methyl sites for hydroxylation is 1. The minimum absolute atomic E-state index is 0.0254. The largest absolute Gasteiger partial charge is 0.493 e. The van der Waals surface area contributed by atoms with Gasteiger partial charge in [-0.1, -0.05) is 59.9 Å². The van der Waals surface area contributed by atoms with Crippen molar-refractivity contribution < 1.29 is 19.1 Å². The Hall–Kier alpha value is -3.84. The van der Waals surface area contributed by atoms with Gasteiger partial charge >= 0.3 is 0 Å². The second kappa shape index (κ2) is 13.1. The lowest BCUT2D eigenvalue weighted by atomic mass is 10.1. The molecule has 2 amide bonds. The number of nitrogens with one attached hydrogen (secondary N) is 2. The highest BCUT2D eigenvalue weighted by Gasteiger charge is 2.14. The van der Waals surface area contributed by atoms with Gasteiger partial charge in [-0.05, 0) is 64.4 Å². The Balaban J connectivity index is 1.31. The maximum absolute atomic E-state index is 12.4. The molecule has 0 fully saturated rings. The number of hydrogen-bond acceptors (Lipinski definition) is 8. The molecule has 0 aliphatic carbocycles. The Labute approximate surface area is 237 Å². The summed E-state index contributed by atoms with van der Waals surface area (Å²) in [7, 11) is 1.57. The molecule has 38 heavy (non-hydrogen) atoms. The molecule has 1 heterocycles. The number of ether oxygens (including phenoxy) is 2. The summed E-state index contributed by atoms with van der Waals surface area (Å²) >= 11 is 3.31. The van der Waals surface area contributed by atoms with E-state index in [1.165, 1.54) is 6.21 Å². The van der Waals surface area contributed by atoms with E-state index in [0.29, 0.717) is 33.8 Å². The monoisotopic (exact) mass is 641 g/mol. The van der Waals surface area contributed by atoms with Crippen LogP contribution < -0.4 is 20.2 Å². The van der Waals surface area contributed by atoms with Crippen LogP contribution in [-0.4, -0.2) is 35.3 Å². The molecule has 3 aromatic carbocycles. The van der Waals surface area contributed by atoms with Gasteiger partial charge in [0, 0.05) is 5.56 Å². The van der Waals surface area contributed by atoms with Crippen LogP contribution in [0.4, 0.5) is 5.13 Å². The van der Waals surface area contributed by atoms with Crippen molar-refractivity contribution in [1.29, 1.82) is 0 Å². The Morgan fingerprint density at radius 3 is 2.61 bits per heavy atom. The number of halogens is 1. The second-order valence-electron chi connectivity index (χ2n) is 8.05. The number of benzene rings is 3. The van der Waals surface area contributed by atoms with Crippen LogP contribution in [0.1, 0.15) is 32.1 Å². The molecule has 0 saturated carbocycles. The minimum atomic E-state index is -0.362. The van der Waals surface area contributed by atoms with Gasteiger partial charge in [-0.25, -0.2) is 5.43 Å². The molecule has 11 heteroatoms. The maximum atomic E-state index is 12.4. The van der Waals surface area contributed by atoms with Gasteiger partial charge in [-0.3, -0.25) is 14.9 Å². The van der Waals surface area contributed by atoms with Gasteiger partial charge in [0.15, 0.2) is 11.5 Å². The van der Waals surface area contributed by atoms with E-state index in [2.05, 4.69) is 48.6 Å². The molecule has 4 aromatic rings. The highest BCUT2D eigenvalue weighted by molar-refractivity contribution is 14.1. The predicted octanol–water partition coefficient (Wildman–Crippen LogP) is 4.98. The van der Waals surface area contributed by atoms with Gasteiger partial charge in [-0.15, -0.1) is 10.2 Å². The van der Waals surface area contributed by atoms with E-state index < -0.39 is 0 Å². The first-order chi connectivity index (χ1) is 18.4. The summed E-state index contributed by atoms with van der Waals surface area (Å²) in [5, 5.41) is 15.5. The molecule has 0 aliphatic heterocycles. The van der Waals surface area contributed by atoms with Crippen molar-refractivity contribution in [1.82, 2.24) is 15.6 Å². The van der Waals surface area contributed by atoms with Crippen LogP contribution in [0.5, 0.6) is 11.5 Å². The van der Waals surface area contributed by atoms with Crippen LogP contribution in [0, 0.1) is 10.5 Å². The van der Waals surface area contributed by atoms with E-state index in [1.807, 2.05) is 55.5 Å². The summed E-state index contributed by atoms with van der Waals surface area (Å²) in [5.41, 5.74) is 5.68. The zero-order valence-electron chi connectivity index (χ0n) is 20.6. The fourth-order valence-electron chi connectivity index (χ4n) is 3.41. The molecule has 0 bridgehead atoms. The molecule has 0 aliphatic rings. The van der Waals surface area contributed by atoms with E-state index in [9.17, 15) is 9.59 Å². The van der Waals surface area contributed by atoms with Gasteiger partial charge in [0.1, 0.15) is 11.6 Å². The summed E-state index contributed by atoms with van der Waals surface area (Å²) < 4.78 is 12.3. The van der Waals surface area contributed by atoms with Gasteiger partial charge in [0.25, 0.3) is 5.91 Å². The standard InChI is InChI=1S/C27H24IN5O4S/c1-17-8-6-7-11-20(17)26(35)30-27-33-32-24(38-27)14-23(34)31-29-15-19-12-21(28)25(22(13-19)36-2)37-16-18-9-4-3-5-10-18/h3-13,15H,14,16H2,1-2H3,(H,31,34)(H,30,33,35). The second-order valence-corrected chi connectivity index (χ2v) is 10.3. The van der Waals surface area contributed by atoms with Gasteiger partial charge in [-0.2, -0.15) is 5.10 Å². The van der Waals surface area contributed by atoms with Gasteiger partial charge in [0.2, 0.25) is 11.0 Å². The summed E-state index contributed by atoms with van der Waals surface area (Å²) in [4.78, 5) is 24.8. The Morgan fingerprint density at radius 2 is 1.84 bits per heavy atom. The topological polar surface area (TPSA) is 115 Å². The van der Waals surface area contributed by atoms with Crippen LogP contribution in [-0.2, 0) is 17.8 Å². The van der Waals surface area contributed by atoms with Crippen molar-refractivity contribution in [3.8, 4) is 11.5 Å². The number of carbonyl (C=O) groups is 2. The van der Waals surface area contributed by atoms with E-state index in [1.54, 1.807) is 25.3 Å². The number of hydrazone groups is 1. The number of amides is 2. The first-order valence-corrected chi connectivity index (χ1v) is 13.4. The lowest BCUT2D eigenvalue weighted by Gasteiger charge is -2.13. The van der Waals surface area contributed by atoms with Crippen molar-refractivity contribution in [3.63, 3.8) is 0 Å². The van der Waals surface area contributed by atoms with Crippen molar-refractivity contribution >= 4 is 57.1 Å². The van der Waals surface area contributed by atoms with E-state index in [4.69, 9.17) is 9.47 Å². The van der Waals surface area contributed by atoms with Crippen molar-refractivity contribution in [2.75, 3.05) is 12.4 Å². The molecule has 194 valence electrons. The average Bonchev–Trinajstić information content (AvgIpc) is 3.34. The minimum Gasteiger partial charge on any atom is -0.493 e. The molecule has 2 N–H and O–H groups in total. The van der Waals surface area contributed by atoms with Crippen LogP contribution >= 0.6 is 33.9 Å². The summed E-state index contributed by atoms with van der Waals surface area (Å²) in [6.45, 7) is 2.27. The van der Waals surface area contributed by atoms with Crippen LogP contribution in [0.3, 0.4) is 0 Å². The lowest BCUT2D eigenvalue weighted by Crippen LogP contribution is -2.19.